The lowest BCUT2D eigenvalue weighted by molar-refractivity contribution is -0.150. The average Bonchev–Trinajstić information content (AvgIpc) is 3.23. The maximum absolute atomic E-state index is 13.2. The molecule has 1 heterocycles. The molecular formula is C22H28N2O5. The molecule has 1 fully saturated rings. The topological polar surface area (TPSA) is 93.7 Å². The van der Waals surface area contributed by atoms with E-state index in [-0.39, 0.29) is 24.9 Å². The van der Waals surface area contributed by atoms with Crippen LogP contribution in [0, 0.1) is 0 Å². The second kappa shape index (κ2) is 9.11. The third-order valence-electron chi connectivity index (χ3n) is 5.67. The Morgan fingerprint density at radius 3 is 2.41 bits per heavy atom. The molecule has 0 spiro atoms. The smallest absolute Gasteiger partial charge is 0.338 e. The zero-order valence-corrected chi connectivity index (χ0v) is 17.0. The van der Waals surface area contributed by atoms with Gasteiger partial charge in [0.2, 0.25) is 0 Å². The number of hydrogen-bond donors (Lipinski definition) is 2. The molecule has 2 amide bonds. The lowest BCUT2D eigenvalue weighted by Crippen LogP contribution is -2.51. The first-order valence-corrected chi connectivity index (χ1v) is 10.2. The van der Waals surface area contributed by atoms with E-state index >= 15 is 0 Å². The number of rotatable bonds is 7. The van der Waals surface area contributed by atoms with Gasteiger partial charge >= 0.3 is 18.0 Å². The van der Waals surface area contributed by atoms with E-state index in [2.05, 4.69) is 10.6 Å². The largest absolute Gasteiger partial charge is 0.463 e. The molecule has 0 radical (unpaired) electrons. The van der Waals surface area contributed by atoms with Crippen molar-refractivity contribution in [1.29, 1.82) is 0 Å². The quantitative estimate of drug-likeness (QED) is 0.687. The maximum atomic E-state index is 13.2. The van der Waals surface area contributed by atoms with Gasteiger partial charge in [0.25, 0.3) is 0 Å². The van der Waals surface area contributed by atoms with E-state index in [1.807, 2.05) is 37.3 Å². The van der Waals surface area contributed by atoms with Gasteiger partial charge in [-0.25, -0.2) is 9.59 Å². The SMILES string of the molecule is CCOC(=O)C1=C(COC(=O)C2(c3ccccc3)CCCC2)NC(=O)N[C@H]1CC. The highest BCUT2D eigenvalue weighted by Gasteiger charge is 2.44. The Balaban J connectivity index is 1.84. The Bertz CT molecular complexity index is 797. The van der Waals surface area contributed by atoms with E-state index in [0.29, 0.717) is 12.0 Å². The van der Waals surface area contributed by atoms with Crippen molar-refractivity contribution in [2.24, 2.45) is 0 Å². The van der Waals surface area contributed by atoms with Gasteiger partial charge in [0, 0.05) is 0 Å². The summed E-state index contributed by atoms with van der Waals surface area (Å²) in [5.41, 5.74) is 0.867. The molecule has 1 aromatic carbocycles. The highest BCUT2D eigenvalue weighted by molar-refractivity contribution is 5.95. The van der Waals surface area contributed by atoms with Gasteiger partial charge in [-0.1, -0.05) is 50.1 Å². The first-order valence-electron chi connectivity index (χ1n) is 10.2. The number of amides is 2. The number of carbonyl (C=O) groups is 3. The molecule has 0 unspecified atom stereocenters. The first kappa shape index (κ1) is 20.9. The van der Waals surface area contributed by atoms with Crippen molar-refractivity contribution in [3.8, 4) is 0 Å². The third kappa shape index (κ3) is 4.28. The predicted octanol–water partition coefficient (Wildman–Crippen LogP) is 2.95. The molecule has 3 rings (SSSR count). The lowest BCUT2D eigenvalue weighted by Gasteiger charge is -2.30. The molecule has 1 aromatic rings. The normalized spacial score (nSPS) is 20.6. The highest BCUT2D eigenvalue weighted by atomic mass is 16.5. The Kier molecular flexibility index (Phi) is 6.56. The van der Waals surface area contributed by atoms with E-state index in [1.54, 1.807) is 6.92 Å². The number of benzene rings is 1. The highest BCUT2D eigenvalue weighted by Crippen LogP contribution is 2.42. The Hall–Kier alpha value is -2.83. The van der Waals surface area contributed by atoms with Crippen LogP contribution in [0.4, 0.5) is 4.79 Å². The van der Waals surface area contributed by atoms with Gasteiger partial charge in [-0.3, -0.25) is 4.79 Å². The molecule has 7 heteroatoms. The van der Waals surface area contributed by atoms with Crippen molar-refractivity contribution >= 4 is 18.0 Å². The van der Waals surface area contributed by atoms with Crippen LogP contribution in [-0.2, 0) is 24.5 Å². The molecule has 2 aliphatic rings. The van der Waals surface area contributed by atoms with Crippen molar-refractivity contribution in [2.75, 3.05) is 13.2 Å². The second-order valence-corrected chi connectivity index (χ2v) is 7.40. The molecule has 0 bridgehead atoms. The van der Waals surface area contributed by atoms with Crippen LogP contribution < -0.4 is 10.6 Å². The van der Waals surface area contributed by atoms with Gasteiger partial charge in [-0.05, 0) is 31.7 Å². The van der Waals surface area contributed by atoms with Crippen LogP contribution in [0.3, 0.4) is 0 Å². The fraction of sp³-hybridized carbons (Fsp3) is 0.500. The number of urea groups is 1. The van der Waals surface area contributed by atoms with Crippen molar-refractivity contribution in [1.82, 2.24) is 10.6 Å². The maximum Gasteiger partial charge on any atom is 0.338 e. The summed E-state index contributed by atoms with van der Waals surface area (Å²) >= 11 is 0. The van der Waals surface area contributed by atoms with Crippen LogP contribution in [0.5, 0.6) is 0 Å². The number of hydrogen-bond acceptors (Lipinski definition) is 5. The van der Waals surface area contributed by atoms with Crippen LogP contribution in [-0.4, -0.2) is 37.2 Å². The zero-order valence-electron chi connectivity index (χ0n) is 17.0. The van der Waals surface area contributed by atoms with Gasteiger partial charge in [0.05, 0.1) is 29.3 Å². The Morgan fingerprint density at radius 1 is 1.10 bits per heavy atom. The zero-order chi connectivity index (χ0) is 20.9. The van der Waals surface area contributed by atoms with E-state index in [9.17, 15) is 14.4 Å². The number of carbonyl (C=O) groups excluding carboxylic acids is 3. The fourth-order valence-corrected chi connectivity index (χ4v) is 4.20. The summed E-state index contributed by atoms with van der Waals surface area (Å²) in [6, 6.07) is 8.76. The summed E-state index contributed by atoms with van der Waals surface area (Å²) in [5.74, 6) is -0.839. The minimum absolute atomic E-state index is 0.175. The molecule has 1 aliphatic carbocycles. The van der Waals surface area contributed by atoms with Crippen molar-refractivity contribution in [3.63, 3.8) is 0 Å². The molecule has 0 aromatic heterocycles. The summed E-state index contributed by atoms with van der Waals surface area (Å²) < 4.78 is 10.8. The van der Waals surface area contributed by atoms with Crippen molar-refractivity contribution in [2.45, 2.75) is 57.4 Å². The van der Waals surface area contributed by atoms with Gasteiger partial charge < -0.3 is 20.1 Å². The summed E-state index contributed by atoms with van der Waals surface area (Å²) in [6.45, 7) is 3.63. The Morgan fingerprint density at radius 2 is 1.79 bits per heavy atom. The third-order valence-corrected chi connectivity index (χ3v) is 5.67. The summed E-state index contributed by atoms with van der Waals surface area (Å²) in [5, 5.41) is 5.33. The lowest BCUT2D eigenvalue weighted by atomic mass is 9.79. The molecule has 156 valence electrons. The molecule has 1 saturated carbocycles. The molecule has 7 nitrogen and oxygen atoms in total. The number of ether oxygens (including phenoxy) is 2. The minimum atomic E-state index is -0.674. The van der Waals surface area contributed by atoms with Crippen LogP contribution in [0.2, 0.25) is 0 Å². The fourth-order valence-electron chi connectivity index (χ4n) is 4.20. The summed E-state index contributed by atoms with van der Waals surface area (Å²) in [6.07, 6.45) is 3.89. The summed E-state index contributed by atoms with van der Waals surface area (Å²) in [4.78, 5) is 37.6. The van der Waals surface area contributed by atoms with E-state index in [1.165, 1.54) is 0 Å². The van der Waals surface area contributed by atoms with Gasteiger partial charge in [0.1, 0.15) is 6.61 Å². The summed E-state index contributed by atoms with van der Waals surface area (Å²) in [7, 11) is 0. The van der Waals surface area contributed by atoms with Gasteiger partial charge in [-0.15, -0.1) is 0 Å². The number of nitrogens with one attached hydrogen (secondary N) is 2. The standard InChI is InChI=1S/C22H28N2O5/c1-3-16-18(19(25)28-4-2)17(24-21(27)23-16)14-29-20(26)22(12-8-9-13-22)15-10-6-5-7-11-15/h5-7,10-11,16H,3-4,8-9,12-14H2,1-2H3,(H2,23,24,27)/t16-/m0/s1. The molecule has 2 N–H and O–H groups in total. The van der Waals surface area contributed by atoms with Crippen LogP contribution in [0.25, 0.3) is 0 Å². The molecule has 1 aliphatic heterocycles. The first-order chi connectivity index (χ1) is 14.0. The molecular weight excluding hydrogens is 372 g/mol. The van der Waals surface area contributed by atoms with Crippen LogP contribution in [0.1, 0.15) is 51.5 Å². The van der Waals surface area contributed by atoms with Crippen molar-refractivity contribution < 1.29 is 23.9 Å². The Labute approximate surface area is 170 Å². The van der Waals surface area contributed by atoms with E-state index < -0.39 is 23.5 Å². The monoisotopic (exact) mass is 400 g/mol. The van der Waals surface area contributed by atoms with Gasteiger partial charge in [-0.2, -0.15) is 0 Å². The molecule has 29 heavy (non-hydrogen) atoms. The number of esters is 2. The van der Waals surface area contributed by atoms with Crippen LogP contribution >= 0.6 is 0 Å². The molecule has 1 atom stereocenters. The van der Waals surface area contributed by atoms with E-state index in [0.717, 1.165) is 31.2 Å². The average molecular weight is 400 g/mol. The van der Waals surface area contributed by atoms with Gasteiger partial charge in [0.15, 0.2) is 0 Å². The minimum Gasteiger partial charge on any atom is -0.463 e. The second-order valence-electron chi connectivity index (χ2n) is 7.40. The molecule has 0 saturated heterocycles. The van der Waals surface area contributed by atoms with Crippen LogP contribution in [0.15, 0.2) is 41.6 Å². The van der Waals surface area contributed by atoms with E-state index in [4.69, 9.17) is 9.47 Å². The van der Waals surface area contributed by atoms with Crippen molar-refractivity contribution in [3.05, 3.63) is 47.2 Å². The predicted molar refractivity (Wildman–Crippen MR) is 107 cm³/mol.